The molecule has 18 heavy (non-hydrogen) atoms. The van der Waals surface area contributed by atoms with Crippen LogP contribution in [0.2, 0.25) is 0 Å². The maximum Gasteiger partial charge on any atom is 0.146 e. The molecule has 3 rings (SSSR count). The van der Waals surface area contributed by atoms with E-state index in [2.05, 4.69) is 4.98 Å². The average Bonchev–Trinajstić information content (AvgIpc) is 2.42. The normalized spacial score (nSPS) is 24.1. The summed E-state index contributed by atoms with van der Waals surface area (Å²) in [5, 5.41) is 11.0. The minimum atomic E-state index is -0.349. The number of aliphatic hydroxyl groups is 1. The number of pyridine rings is 1. The maximum atomic E-state index is 9.96. The minimum Gasteiger partial charge on any atom is -0.485 e. The molecule has 2 atom stereocenters. The Morgan fingerprint density at radius 1 is 1.11 bits per heavy atom. The summed E-state index contributed by atoms with van der Waals surface area (Å²) in [7, 11) is 0. The molecule has 0 saturated heterocycles. The molecule has 94 valence electrons. The van der Waals surface area contributed by atoms with Gasteiger partial charge in [0.1, 0.15) is 17.4 Å². The second kappa shape index (κ2) is 4.94. The number of aliphatic hydroxyl groups excluding tert-OH is 1. The first-order chi connectivity index (χ1) is 8.84. The number of fused-ring (bicyclic) bond motifs is 1. The number of aromatic nitrogens is 1. The Labute approximate surface area is 106 Å². The predicted molar refractivity (Wildman–Crippen MR) is 70.6 cm³/mol. The molecule has 2 aromatic rings. The number of para-hydroxylation sites is 1. The first kappa shape index (κ1) is 11.5. The molecule has 1 heterocycles. The third-order valence-corrected chi connectivity index (χ3v) is 3.54. The van der Waals surface area contributed by atoms with Crippen molar-refractivity contribution in [1.29, 1.82) is 0 Å². The molecule has 1 aromatic heterocycles. The van der Waals surface area contributed by atoms with Gasteiger partial charge in [-0.05, 0) is 31.4 Å². The number of nitrogens with zero attached hydrogens (tertiary/aromatic N) is 1. The molecule has 1 aromatic carbocycles. The number of rotatable bonds is 2. The van der Waals surface area contributed by atoms with Crippen LogP contribution in [0.3, 0.4) is 0 Å². The predicted octanol–water partition coefficient (Wildman–Crippen LogP) is 2.92. The van der Waals surface area contributed by atoms with Gasteiger partial charge in [-0.15, -0.1) is 0 Å². The van der Waals surface area contributed by atoms with Crippen LogP contribution in [-0.2, 0) is 0 Å². The lowest BCUT2D eigenvalue weighted by atomic mass is 9.95. The summed E-state index contributed by atoms with van der Waals surface area (Å²) in [6.07, 6.45) is 5.30. The molecule has 0 unspecified atom stereocenters. The van der Waals surface area contributed by atoms with E-state index in [-0.39, 0.29) is 12.2 Å². The zero-order valence-electron chi connectivity index (χ0n) is 10.2. The number of hydrogen-bond donors (Lipinski definition) is 1. The Morgan fingerprint density at radius 2 is 1.94 bits per heavy atom. The Bertz CT molecular complexity index is 536. The fourth-order valence-corrected chi connectivity index (χ4v) is 2.55. The molecule has 1 saturated carbocycles. The van der Waals surface area contributed by atoms with E-state index in [9.17, 15) is 5.11 Å². The lowest BCUT2D eigenvalue weighted by Crippen LogP contribution is -2.34. The first-order valence-corrected chi connectivity index (χ1v) is 6.53. The summed E-state index contributed by atoms with van der Waals surface area (Å²) in [5.74, 6) is 0.777. The van der Waals surface area contributed by atoms with Crippen LogP contribution in [0.4, 0.5) is 0 Å². The maximum absolute atomic E-state index is 9.96. The molecule has 0 bridgehead atoms. The van der Waals surface area contributed by atoms with Gasteiger partial charge in [0.2, 0.25) is 0 Å². The van der Waals surface area contributed by atoms with Crippen LogP contribution in [0, 0.1) is 0 Å². The van der Waals surface area contributed by atoms with Crippen molar-refractivity contribution in [3.63, 3.8) is 0 Å². The van der Waals surface area contributed by atoms with Gasteiger partial charge in [-0.1, -0.05) is 24.6 Å². The second-order valence-corrected chi connectivity index (χ2v) is 4.84. The summed E-state index contributed by atoms with van der Waals surface area (Å²) in [6, 6.07) is 9.85. The van der Waals surface area contributed by atoms with Gasteiger partial charge in [0.15, 0.2) is 0 Å². The SMILES string of the molecule is O[C@H]1CCCC[C@@H]1Oc1cccc2cccnc12. The minimum absolute atomic E-state index is 0.0913. The van der Waals surface area contributed by atoms with Gasteiger partial charge in [0, 0.05) is 11.6 Å². The van der Waals surface area contributed by atoms with Crippen LogP contribution in [0.5, 0.6) is 5.75 Å². The third kappa shape index (κ3) is 2.18. The van der Waals surface area contributed by atoms with E-state index in [0.29, 0.717) is 0 Å². The van der Waals surface area contributed by atoms with Crippen LogP contribution >= 0.6 is 0 Å². The van der Waals surface area contributed by atoms with E-state index in [1.807, 2.05) is 30.3 Å². The fraction of sp³-hybridized carbons (Fsp3) is 0.400. The fourth-order valence-electron chi connectivity index (χ4n) is 2.55. The molecule has 0 amide bonds. The van der Waals surface area contributed by atoms with E-state index in [1.165, 1.54) is 0 Å². The summed E-state index contributed by atoms with van der Waals surface area (Å²) in [4.78, 5) is 4.37. The van der Waals surface area contributed by atoms with Crippen molar-refractivity contribution < 1.29 is 9.84 Å². The largest absolute Gasteiger partial charge is 0.485 e. The number of ether oxygens (including phenoxy) is 1. The molecule has 1 fully saturated rings. The van der Waals surface area contributed by atoms with Gasteiger partial charge < -0.3 is 9.84 Å². The van der Waals surface area contributed by atoms with Crippen LogP contribution in [0.15, 0.2) is 36.5 Å². The second-order valence-electron chi connectivity index (χ2n) is 4.84. The van der Waals surface area contributed by atoms with E-state index < -0.39 is 0 Å². The van der Waals surface area contributed by atoms with Crippen molar-refractivity contribution in [3.8, 4) is 5.75 Å². The summed E-state index contributed by atoms with van der Waals surface area (Å²) >= 11 is 0. The molecule has 0 spiro atoms. The highest BCUT2D eigenvalue weighted by molar-refractivity contribution is 5.84. The number of hydrogen-bond acceptors (Lipinski definition) is 3. The van der Waals surface area contributed by atoms with Gasteiger partial charge in [0.05, 0.1) is 6.10 Å². The zero-order chi connectivity index (χ0) is 12.4. The topological polar surface area (TPSA) is 42.4 Å². The molecule has 1 aliphatic rings. The van der Waals surface area contributed by atoms with Gasteiger partial charge in [-0.3, -0.25) is 4.98 Å². The van der Waals surface area contributed by atoms with Crippen molar-refractivity contribution in [1.82, 2.24) is 4.98 Å². The number of benzene rings is 1. The zero-order valence-corrected chi connectivity index (χ0v) is 10.2. The first-order valence-electron chi connectivity index (χ1n) is 6.53. The third-order valence-electron chi connectivity index (χ3n) is 3.54. The van der Waals surface area contributed by atoms with E-state index >= 15 is 0 Å². The van der Waals surface area contributed by atoms with Crippen molar-refractivity contribution in [2.75, 3.05) is 0 Å². The average molecular weight is 243 g/mol. The van der Waals surface area contributed by atoms with Crippen LogP contribution in [0.25, 0.3) is 10.9 Å². The lowest BCUT2D eigenvalue weighted by molar-refractivity contribution is 0.00759. The van der Waals surface area contributed by atoms with Gasteiger partial charge in [0.25, 0.3) is 0 Å². The van der Waals surface area contributed by atoms with Crippen LogP contribution in [-0.4, -0.2) is 22.3 Å². The Morgan fingerprint density at radius 3 is 2.83 bits per heavy atom. The highest BCUT2D eigenvalue weighted by Crippen LogP contribution is 2.28. The van der Waals surface area contributed by atoms with E-state index in [0.717, 1.165) is 42.3 Å². The lowest BCUT2D eigenvalue weighted by Gasteiger charge is -2.28. The molecule has 1 N–H and O–H groups in total. The summed E-state index contributed by atoms with van der Waals surface area (Å²) in [5.41, 5.74) is 0.873. The quantitative estimate of drug-likeness (QED) is 0.881. The molecule has 0 radical (unpaired) electrons. The highest BCUT2D eigenvalue weighted by Gasteiger charge is 2.25. The van der Waals surface area contributed by atoms with Crippen molar-refractivity contribution in [2.45, 2.75) is 37.9 Å². The molecule has 3 nitrogen and oxygen atoms in total. The van der Waals surface area contributed by atoms with Crippen LogP contribution in [0.1, 0.15) is 25.7 Å². The molecule has 3 heteroatoms. The van der Waals surface area contributed by atoms with E-state index in [1.54, 1.807) is 6.20 Å². The summed E-state index contributed by atoms with van der Waals surface area (Å²) < 4.78 is 5.97. The van der Waals surface area contributed by atoms with Gasteiger partial charge >= 0.3 is 0 Å². The van der Waals surface area contributed by atoms with Crippen molar-refractivity contribution in [3.05, 3.63) is 36.5 Å². The monoisotopic (exact) mass is 243 g/mol. The van der Waals surface area contributed by atoms with Gasteiger partial charge in [-0.2, -0.15) is 0 Å². The molecule has 1 aliphatic carbocycles. The van der Waals surface area contributed by atoms with Crippen molar-refractivity contribution in [2.24, 2.45) is 0 Å². The highest BCUT2D eigenvalue weighted by atomic mass is 16.5. The van der Waals surface area contributed by atoms with Gasteiger partial charge in [-0.25, -0.2) is 0 Å². The summed E-state index contributed by atoms with van der Waals surface area (Å²) in [6.45, 7) is 0. The Hall–Kier alpha value is -1.61. The molecular formula is C15H17NO2. The van der Waals surface area contributed by atoms with Crippen molar-refractivity contribution >= 4 is 10.9 Å². The van der Waals surface area contributed by atoms with E-state index in [4.69, 9.17) is 4.74 Å². The molecular weight excluding hydrogens is 226 g/mol. The van der Waals surface area contributed by atoms with Crippen LogP contribution < -0.4 is 4.74 Å². The molecule has 0 aliphatic heterocycles. The Balaban J connectivity index is 1.90. The standard InChI is InChI=1S/C15H17NO2/c17-12-7-1-2-8-13(12)18-14-9-3-5-11-6-4-10-16-15(11)14/h3-6,9-10,12-13,17H,1-2,7-8H2/t12-,13-/m0/s1. The Kier molecular flexibility index (Phi) is 3.15. The smallest absolute Gasteiger partial charge is 0.146 e.